The smallest absolute Gasteiger partial charge is 0.410 e. The molecule has 1 aromatic carbocycles. The second-order valence-electron chi connectivity index (χ2n) is 9.02. The molecule has 1 N–H and O–H groups in total. The summed E-state index contributed by atoms with van der Waals surface area (Å²) < 4.78 is 5.45. The van der Waals surface area contributed by atoms with Crippen molar-refractivity contribution in [3.63, 3.8) is 0 Å². The van der Waals surface area contributed by atoms with E-state index in [-0.39, 0.29) is 18.0 Å². The van der Waals surface area contributed by atoms with Crippen LogP contribution in [-0.4, -0.2) is 51.6 Å². The molecule has 1 fully saturated rings. The number of ether oxygens (including phenoxy) is 1. The van der Waals surface area contributed by atoms with Gasteiger partial charge in [-0.25, -0.2) is 9.78 Å². The van der Waals surface area contributed by atoms with Crippen molar-refractivity contribution >= 4 is 22.9 Å². The maximum absolute atomic E-state index is 13.3. The Bertz CT molecular complexity index is 1120. The maximum Gasteiger partial charge on any atom is 0.410 e. The second kappa shape index (κ2) is 8.94. The van der Waals surface area contributed by atoms with Crippen LogP contribution < -0.4 is 5.32 Å². The Hall–Kier alpha value is -3.48. The molecule has 0 atom stereocenters. The maximum atomic E-state index is 13.3. The Morgan fingerprint density at radius 1 is 1.06 bits per heavy atom. The Labute approximate surface area is 187 Å². The average Bonchev–Trinajstić information content (AvgIpc) is 2.78. The number of amides is 2. The first-order valence-electron chi connectivity index (χ1n) is 10.9. The monoisotopic (exact) mass is 432 g/mol. The minimum absolute atomic E-state index is 0.00232. The molecule has 0 saturated carbocycles. The van der Waals surface area contributed by atoms with Crippen molar-refractivity contribution in [2.24, 2.45) is 0 Å². The Morgan fingerprint density at radius 3 is 2.44 bits per heavy atom. The van der Waals surface area contributed by atoms with E-state index in [4.69, 9.17) is 9.72 Å². The molecule has 4 rings (SSSR count). The van der Waals surface area contributed by atoms with Crippen LogP contribution in [0.5, 0.6) is 0 Å². The minimum Gasteiger partial charge on any atom is -0.444 e. The summed E-state index contributed by atoms with van der Waals surface area (Å²) in [7, 11) is 0. The van der Waals surface area contributed by atoms with E-state index < -0.39 is 5.60 Å². The van der Waals surface area contributed by atoms with Crippen LogP contribution in [-0.2, 0) is 4.74 Å². The molecule has 0 aliphatic carbocycles. The molecular formula is C25H28N4O3. The number of nitrogens with one attached hydrogen (secondary N) is 1. The van der Waals surface area contributed by atoms with Crippen LogP contribution in [0.3, 0.4) is 0 Å². The number of carbonyl (C=O) groups excluding carboxylic acids is 2. The molecule has 32 heavy (non-hydrogen) atoms. The molecule has 166 valence electrons. The number of fused-ring (bicyclic) bond motifs is 1. The first kappa shape index (κ1) is 21.7. The van der Waals surface area contributed by atoms with Gasteiger partial charge in [0.05, 0.1) is 16.8 Å². The van der Waals surface area contributed by atoms with Crippen molar-refractivity contribution in [1.29, 1.82) is 0 Å². The lowest BCUT2D eigenvalue weighted by Crippen LogP contribution is -2.47. The molecule has 3 aromatic rings. The van der Waals surface area contributed by atoms with Crippen LogP contribution in [0.1, 0.15) is 44.0 Å². The molecule has 1 saturated heterocycles. The van der Waals surface area contributed by atoms with E-state index in [0.717, 1.165) is 22.2 Å². The van der Waals surface area contributed by atoms with E-state index in [9.17, 15) is 9.59 Å². The molecule has 2 amide bonds. The second-order valence-corrected chi connectivity index (χ2v) is 9.02. The number of hydrogen-bond donors (Lipinski definition) is 1. The number of benzene rings is 1. The van der Waals surface area contributed by atoms with E-state index in [1.165, 1.54) is 0 Å². The highest BCUT2D eigenvalue weighted by atomic mass is 16.6. The fraction of sp³-hybridized carbons (Fsp3) is 0.360. The summed E-state index contributed by atoms with van der Waals surface area (Å²) in [6, 6.07) is 13.2. The molecule has 3 heterocycles. The first-order valence-corrected chi connectivity index (χ1v) is 10.9. The zero-order valence-electron chi connectivity index (χ0n) is 18.7. The summed E-state index contributed by atoms with van der Waals surface area (Å²) in [6.45, 7) is 6.68. The first-order chi connectivity index (χ1) is 15.3. The van der Waals surface area contributed by atoms with Crippen LogP contribution in [0.15, 0.2) is 54.9 Å². The zero-order valence-corrected chi connectivity index (χ0v) is 18.7. The normalized spacial score (nSPS) is 14.9. The fourth-order valence-electron chi connectivity index (χ4n) is 3.83. The summed E-state index contributed by atoms with van der Waals surface area (Å²) in [5.74, 6) is -0.130. The number of piperidine rings is 1. The van der Waals surface area contributed by atoms with Crippen LogP contribution in [0.2, 0.25) is 0 Å². The van der Waals surface area contributed by atoms with Gasteiger partial charge in [0.1, 0.15) is 5.60 Å². The molecule has 1 aliphatic rings. The van der Waals surface area contributed by atoms with Gasteiger partial charge in [0.15, 0.2) is 0 Å². The van der Waals surface area contributed by atoms with E-state index in [0.29, 0.717) is 31.5 Å². The van der Waals surface area contributed by atoms with Crippen LogP contribution in [0.25, 0.3) is 22.2 Å². The molecule has 0 unspecified atom stereocenters. The molecule has 7 nitrogen and oxygen atoms in total. The predicted octanol–water partition coefficient (Wildman–Crippen LogP) is 4.43. The summed E-state index contributed by atoms with van der Waals surface area (Å²) in [6.07, 6.45) is 4.50. The highest BCUT2D eigenvalue weighted by Gasteiger charge is 2.28. The van der Waals surface area contributed by atoms with Gasteiger partial charge in [-0.05, 0) is 57.9 Å². The molecular weight excluding hydrogens is 404 g/mol. The van der Waals surface area contributed by atoms with E-state index in [2.05, 4.69) is 10.3 Å². The van der Waals surface area contributed by atoms with Crippen molar-refractivity contribution in [1.82, 2.24) is 20.2 Å². The van der Waals surface area contributed by atoms with Crippen molar-refractivity contribution in [3.05, 3.63) is 60.4 Å². The van der Waals surface area contributed by atoms with Crippen LogP contribution in [0.4, 0.5) is 4.79 Å². The van der Waals surface area contributed by atoms with Crippen LogP contribution >= 0.6 is 0 Å². The van der Waals surface area contributed by atoms with Gasteiger partial charge in [-0.3, -0.25) is 9.78 Å². The quantitative estimate of drug-likeness (QED) is 0.662. The third-order valence-electron chi connectivity index (χ3n) is 5.42. The number of para-hydroxylation sites is 1. The summed E-state index contributed by atoms with van der Waals surface area (Å²) >= 11 is 0. The predicted molar refractivity (Wildman–Crippen MR) is 123 cm³/mol. The van der Waals surface area contributed by atoms with Gasteiger partial charge in [-0.15, -0.1) is 0 Å². The molecule has 0 spiro atoms. The number of hydrogen-bond acceptors (Lipinski definition) is 5. The lowest BCUT2D eigenvalue weighted by Gasteiger charge is -2.33. The number of rotatable bonds is 3. The lowest BCUT2D eigenvalue weighted by atomic mass is 10.0. The highest BCUT2D eigenvalue weighted by Crippen LogP contribution is 2.25. The van der Waals surface area contributed by atoms with Crippen molar-refractivity contribution in [2.75, 3.05) is 13.1 Å². The number of aromatic nitrogens is 2. The van der Waals surface area contributed by atoms with Crippen LogP contribution in [0, 0.1) is 0 Å². The third-order valence-corrected chi connectivity index (χ3v) is 5.42. The van der Waals surface area contributed by atoms with Crippen molar-refractivity contribution < 1.29 is 14.3 Å². The SMILES string of the molecule is CC(C)(C)OC(=O)N1CCC(NC(=O)c2cc(-c3ccncc3)nc3ccccc23)CC1. The Morgan fingerprint density at radius 2 is 1.75 bits per heavy atom. The van der Waals surface area contributed by atoms with Gasteiger partial charge < -0.3 is 15.0 Å². The van der Waals surface area contributed by atoms with Gasteiger partial charge in [-0.2, -0.15) is 0 Å². The van der Waals surface area contributed by atoms with Gasteiger partial charge >= 0.3 is 6.09 Å². The van der Waals surface area contributed by atoms with Gasteiger partial charge in [-0.1, -0.05) is 18.2 Å². The fourth-order valence-corrected chi connectivity index (χ4v) is 3.83. The molecule has 2 aromatic heterocycles. The number of pyridine rings is 2. The van der Waals surface area contributed by atoms with Gasteiger partial charge in [0.2, 0.25) is 0 Å². The number of carbonyl (C=O) groups is 2. The molecule has 1 aliphatic heterocycles. The van der Waals surface area contributed by atoms with E-state index in [1.54, 1.807) is 17.3 Å². The summed E-state index contributed by atoms with van der Waals surface area (Å²) in [5.41, 5.74) is 2.49. The lowest BCUT2D eigenvalue weighted by molar-refractivity contribution is 0.0199. The number of nitrogens with zero attached hydrogens (tertiary/aromatic N) is 3. The molecule has 0 bridgehead atoms. The van der Waals surface area contributed by atoms with Crippen molar-refractivity contribution in [2.45, 2.75) is 45.3 Å². The molecule has 0 radical (unpaired) electrons. The highest BCUT2D eigenvalue weighted by molar-refractivity contribution is 6.07. The standard InChI is InChI=1S/C25H28N4O3/c1-25(2,3)32-24(31)29-14-10-18(11-15-29)27-23(30)20-16-22(17-8-12-26-13-9-17)28-21-7-5-4-6-19(20)21/h4-9,12-13,16,18H,10-11,14-15H2,1-3H3,(H,27,30). The third kappa shape index (κ3) is 5.04. The Balaban J connectivity index is 1.49. The molecule has 7 heteroatoms. The Kier molecular flexibility index (Phi) is 6.08. The van der Waals surface area contributed by atoms with E-state index >= 15 is 0 Å². The van der Waals surface area contributed by atoms with E-state index in [1.807, 2.05) is 63.2 Å². The van der Waals surface area contributed by atoms with Crippen molar-refractivity contribution in [3.8, 4) is 11.3 Å². The minimum atomic E-state index is -0.517. The van der Waals surface area contributed by atoms with Gasteiger partial charge in [0, 0.05) is 42.5 Å². The van der Waals surface area contributed by atoms with Gasteiger partial charge in [0.25, 0.3) is 5.91 Å². The largest absolute Gasteiger partial charge is 0.444 e. The zero-order chi connectivity index (χ0) is 22.7. The average molecular weight is 433 g/mol. The topological polar surface area (TPSA) is 84.4 Å². The summed E-state index contributed by atoms with van der Waals surface area (Å²) in [5, 5.41) is 3.97. The number of likely N-dealkylation sites (tertiary alicyclic amines) is 1. The summed E-state index contributed by atoms with van der Waals surface area (Å²) in [4.78, 5) is 36.0.